The number of phenolic OH excluding ortho intramolecular Hbond substituents is 2. The molecule has 1 aromatic rings. The van der Waals surface area contributed by atoms with E-state index in [1.165, 1.54) is 18.2 Å². The van der Waals surface area contributed by atoms with Gasteiger partial charge in [-0.2, -0.15) is 0 Å². The van der Waals surface area contributed by atoms with E-state index in [0.29, 0.717) is 5.56 Å². The Kier molecular flexibility index (Phi) is 2.52. The molecule has 0 saturated carbocycles. The van der Waals surface area contributed by atoms with Gasteiger partial charge in [-0.3, -0.25) is 0 Å². The molecule has 12 heavy (non-hydrogen) atoms. The summed E-state index contributed by atoms with van der Waals surface area (Å²) >= 11 is 0. The molecule has 1 unspecified atom stereocenters. The number of benzene rings is 1. The monoisotopic (exact) mass is 169 g/mol. The molecule has 0 aliphatic rings. The van der Waals surface area contributed by atoms with Crippen LogP contribution < -0.4 is 5.73 Å². The molecule has 4 heteroatoms. The molecule has 1 rings (SSSR count). The first-order valence-electron chi connectivity index (χ1n) is 3.53. The predicted molar refractivity (Wildman–Crippen MR) is 43.8 cm³/mol. The number of aliphatic hydroxyl groups excluding tert-OH is 1. The van der Waals surface area contributed by atoms with E-state index in [2.05, 4.69) is 0 Å². The second-order valence-corrected chi connectivity index (χ2v) is 2.57. The van der Waals surface area contributed by atoms with Crippen LogP contribution in [0.1, 0.15) is 11.6 Å². The van der Waals surface area contributed by atoms with Crippen LogP contribution in [0.3, 0.4) is 0 Å². The summed E-state index contributed by atoms with van der Waals surface area (Å²) in [4.78, 5) is 0. The summed E-state index contributed by atoms with van der Waals surface area (Å²) in [6, 6.07) is 3.44. The molecule has 0 spiro atoms. The Morgan fingerprint density at radius 1 is 1.17 bits per heavy atom. The highest BCUT2D eigenvalue weighted by atomic mass is 16.3. The molecule has 4 nitrogen and oxygen atoms in total. The number of hydrogen-bond donors (Lipinski definition) is 4. The maximum atomic E-state index is 9.04. The third-order valence-electron chi connectivity index (χ3n) is 1.55. The van der Waals surface area contributed by atoms with Crippen LogP contribution in [0.5, 0.6) is 11.5 Å². The molecule has 1 atom stereocenters. The van der Waals surface area contributed by atoms with E-state index in [1.54, 1.807) is 0 Å². The van der Waals surface area contributed by atoms with Crippen LogP contribution in [0.2, 0.25) is 0 Å². The van der Waals surface area contributed by atoms with Crippen LogP contribution in [-0.4, -0.2) is 21.9 Å². The zero-order chi connectivity index (χ0) is 9.14. The topological polar surface area (TPSA) is 86.7 Å². The van der Waals surface area contributed by atoms with Gasteiger partial charge in [-0.15, -0.1) is 0 Å². The zero-order valence-corrected chi connectivity index (χ0v) is 6.44. The van der Waals surface area contributed by atoms with Gasteiger partial charge in [-0.05, 0) is 17.7 Å². The second kappa shape index (κ2) is 3.42. The van der Waals surface area contributed by atoms with Gasteiger partial charge < -0.3 is 21.1 Å². The average molecular weight is 169 g/mol. The van der Waals surface area contributed by atoms with Gasteiger partial charge in [-0.1, -0.05) is 0 Å². The maximum Gasteiger partial charge on any atom is 0.119 e. The van der Waals surface area contributed by atoms with Gasteiger partial charge in [0, 0.05) is 6.07 Å². The third-order valence-corrected chi connectivity index (χ3v) is 1.55. The predicted octanol–water partition coefficient (Wildman–Crippen LogP) is 0.0899. The first kappa shape index (κ1) is 8.83. The normalized spacial score (nSPS) is 12.8. The Bertz CT molecular complexity index is 255. The van der Waals surface area contributed by atoms with Gasteiger partial charge in [0.15, 0.2) is 0 Å². The van der Waals surface area contributed by atoms with E-state index in [4.69, 9.17) is 21.1 Å². The van der Waals surface area contributed by atoms with Crippen LogP contribution >= 0.6 is 0 Å². The number of phenols is 2. The fraction of sp³-hybridized carbons (Fsp3) is 0.250. The van der Waals surface area contributed by atoms with Crippen molar-refractivity contribution in [1.29, 1.82) is 0 Å². The molecule has 0 radical (unpaired) electrons. The Labute approximate surface area is 69.9 Å². The Hall–Kier alpha value is -1.26. The number of rotatable bonds is 2. The van der Waals surface area contributed by atoms with Crippen molar-refractivity contribution < 1.29 is 15.3 Å². The van der Waals surface area contributed by atoms with Crippen LogP contribution in [0.25, 0.3) is 0 Å². The van der Waals surface area contributed by atoms with Crippen molar-refractivity contribution >= 4 is 0 Å². The molecule has 66 valence electrons. The van der Waals surface area contributed by atoms with Crippen LogP contribution in [0, 0.1) is 0 Å². The number of hydrogen-bond acceptors (Lipinski definition) is 4. The van der Waals surface area contributed by atoms with Crippen molar-refractivity contribution in [3.63, 3.8) is 0 Å². The van der Waals surface area contributed by atoms with Crippen molar-refractivity contribution in [2.24, 2.45) is 5.73 Å². The summed E-state index contributed by atoms with van der Waals surface area (Å²) in [5, 5.41) is 26.8. The minimum absolute atomic E-state index is 0.0612. The van der Waals surface area contributed by atoms with E-state index in [-0.39, 0.29) is 18.1 Å². The summed E-state index contributed by atoms with van der Waals surface area (Å²) in [5.74, 6) is -0.122. The standard InChI is InChI=1S/C8H11NO3/c9-8(4-10)5-1-6(11)3-7(12)2-5/h1-3,8,10-12H,4,9H2. The summed E-state index contributed by atoms with van der Waals surface area (Å²) in [5.41, 5.74) is 5.97. The molecule has 0 aliphatic heterocycles. The maximum absolute atomic E-state index is 9.04. The lowest BCUT2D eigenvalue weighted by Gasteiger charge is -2.08. The van der Waals surface area contributed by atoms with Gasteiger partial charge in [0.1, 0.15) is 11.5 Å². The van der Waals surface area contributed by atoms with Crippen LogP contribution in [0.4, 0.5) is 0 Å². The Morgan fingerprint density at radius 2 is 1.67 bits per heavy atom. The van der Waals surface area contributed by atoms with Gasteiger partial charge >= 0.3 is 0 Å². The molecule has 0 fully saturated rings. The largest absolute Gasteiger partial charge is 0.508 e. The Balaban J connectivity index is 3.00. The third kappa shape index (κ3) is 1.87. The first-order valence-corrected chi connectivity index (χ1v) is 3.53. The molecule has 0 heterocycles. The molecule has 0 aromatic heterocycles. The smallest absolute Gasteiger partial charge is 0.119 e. The van der Waals surface area contributed by atoms with Crippen LogP contribution in [-0.2, 0) is 0 Å². The number of aliphatic hydroxyl groups is 1. The van der Waals surface area contributed by atoms with Gasteiger partial charge in [0.25, 0.3) is 0 Å². The lowest BCUT2D eigenvalue weighted by Crippen LogP contribution is -2.14. The molecular formula is C8H11NO3. The second-order valence-electron chi connectivity index (χ2n) is 2.57. The first-order chi connectivity index (χ1) is 5.63. The van der Waals surface area contributed by atoms with E-state index >= 15 is 0 Å². The van der Waals surface area contributed by atoms with Crippen molar-refractivity contribution in [2.45, 2.75) is 6.04 Å². The minimum atomic E-state index is -0.567. The molecule has 0 aliphatic carbocycles. The van der Waals surface area contributed by atoms with E-state index in [0.717, 1.165) is 0 Å². The lowest BCUT2D eigenvalue weighted by molar-refractivity contribution is 0.267. The van der Waals surface area contributed by atoms with E-state index < -0.39 is 6.04 Å². The van der Waals surface area contributed by atoms with Crippen molar-refractivity contribution in [3.8, 4) is 11.5 Å². The van der Waals surface area contributed by atoms with Crippen molar-refractivity contribution in [3.05, 3.63) is 23.8 Å². The van der Waals surface area contributed by atoms with Gasteiger partial charge in [0.05, 0.1) is 12.6 Å². The highest BCUT2D eigenvalue weighted by Gasteiger charge is 2.06. The number of nitrogens with two attached hydrogens (primary N) is 1. The molecule has 0 amide bonds. The van der Waals surface area contributed by atoms with Crippen molar-refractivity contribution in [1.82, 2.24) is 0 Å². The minimum Gasteiger partial charge on any atom is -0.508 e. The van der Waals surface area contributed by atoms with E-state index in [1.807, 2.05) is 0 Å². The van der Waals surface area contributed by atoms with Crippen molar-refractivity contribution in [2.75, 3.05) is 6.61 Å². The van der Waals surface area contributed by atoms with Gasteiger partial charge in [-0.25, -0.2) is 0 Å². The quantitative estimate of drug-likeness (QED) is 0.505. The van der Waals surface area contributed by atoms with Crippen LogP contribution in [0.15, 0.2) is 18.2 Å². The molecule has 1 aromatic carbocycles. The van der Waals surface area contributed by atoms with Gasteiger partial charge in [0.2, 0.25) is 0 Å². The van der Waals surface area contributed by atoms with E-state index in [9.17, 15) is 0 Å². The summed E-state index contributed by atoms with van der Waals surface area (Å²) in [7, 11) is 0. The summed E-state index contributed by atoms with van der Waals surface area (Å²) < 4.78 is 0. The summed E-state index contributed by atoms with van der Waals surface area (Å²) in [6.07, 6.45) is 0. The molecule has 0 saturated heterocycles. The molecular weight excluding hydrogens is 158 g/mol. The fourth-order valence-electron chi connectivity index (χ4n) is 0.938. The lowest BCUT2D eigenvalue weighted by atomic mass is 10.1. The highest BCUT2D eigenvalue weighted by molar-refractivity contribution is 5.37. The summed E-state index contributed by atoms with van der Waals surface area (Å²) in [6.45, 7) is -0.219. The Morgan fingerprint density at radius 3 is 2.08 bits per heavy atom. The SMILES string of the molecule is NC(CO)c1cc(O)cc(O)c1. The zero-order valence-electron chi connectivity index (χ0n) is 6.44. The molecule has 0 bridgehead atoms. The molecule has 5 N–H and O–H groups in total. The average Bonchev–Trinajstić information content (AvgIpc) is 2.01. The highest BCUT2D eigenvalue weighted by Crippen LogP contribution is 2.23. The fourth-order valence-corrected chi connectivity index (χ4v) is 0.938. The number of aromatic hydroxyl groups is 2.